The third kappa shape index (κ3) is 1.92. The lowest BCUT2D eigenvalue weighted by atomic mass is 10.3. The van der Waals surface area contributed by atoms with E-state index in [0.717, 1.165) is 21.7 Å². The zero-order valence-electron chi connectivity index (χ0n) is 10.7. The number of carbonyl (C=O) groups excluding carboxylic acids is 1. The highest BCUT2D eigenvalue weighted by atomic mass is 32.1. The van der Waals surface area contributed by atoms with Gasteiger partial charge in [-0.2, -0.15) is 0 Å². The molecular weight excluding hydrogens is 258 g/mol. The van der Waals surface area contributed by atoms with Crippen molar-refractivity contribution in [2.45, 2.75) is 0 Å². The van der Waals surface area contributed by atoms with Crippen LogP contribution in [0.5, 0.6) is 0 Å². The van der Waals surface area contributed by atoms with Crippen LogP contribution >= 0.6 is 11.3 Å². The Morgan fingerprint density at radius 3 is 2.79 bits per heavy atom. The van der Waals surface area contributed by atoms with Gasteiger partial charge in [-0.15, -0.1) is 11.3 Å². The molecule has 0 unspecified atom stereocenters. The number of aryl methyl sites for hydroxylation is 1. The summed E-state index contributed by atoms with van der Waals surface area (Å²) in [4.78, 5) is 17.9. The van der Waals surface area contributed by atoms with E-state index in [1.165, 1.54) is 11.3 Å². The molecule has 4 nitrogen and oxygen atoms in total. The predicted octanol–water partition coefficient (Wildman–Crippen LogP) is 2.66. The first-order valence-electron chi connectivity index (χ1n) is 5.94. The van der Waals surface area contributed by atoms with Crippen molar-refractivity contribution >= 4 is 28.3 Å². The lowest BCUT2D eigenvalue weighted by Crippen LogP contribution is -2.15. The Morgan fingerprint density at radius 1 is 1.26 bits per heavy atom. The van der Waals surface area contributed by atoms with E-state index in [0.29, 0.717) is 4.88 Å². The number of carbonyl (C=O) groups is 1. The molecule has 0 radical (unpaired) electrons. The Morgan fingerprint density at radius 2 is 2.05 bits per heavy atom. The van der Waals surface area contributed by atoms with E-state index < -0.39 is 0 Å². The topological polar surface area (TPSA) is 46.9 Å². The molecule has 0 aliphatic heterocycles. The van der Waals surface area contributed by atoms with Gasteiger partial charge in [0.2, 0.25) is 0 Å². The van der Waals surface area contributed by atoms with Crippen LogP contribution in [0.4, 0.5) is 0 Å². The van der Waals surface area contributed by atoms with Crippen molar-refractivity contribution in [1.29, 1.82) is 0 Å². The Labute approximate surface area is 114 Å². The van der Waals surface area contributed by atoms with Gasteiger partial charge in [0.05, 0.1) is 20.8 Å². The van der Waals surface area contributed by atoms with Crippen molar-refractivity contribution in [2.24, 2.45) is 7.05 Å². The zero-order chi connectivity index (χ0) is 13.4. The molecule has 2 heterocycles. The summed E-state index contributed by atoms with van der Waals surface area (Å²) in [5.74, 6) is 0.830. The van der Waals surface area contributed by atoms with Crippen molar-refractivity contribution in [3.8, 4) is 10.7 Å². The molecule has 5 heteroatoms. The minimum Gasteiger partial charge on any atom is -0.354 e. The molecule has 2 aromatic heterocycles. The van der Waals surface area contributed by atoms with Crippen molar-refractivity contribution in [3.63, 3.8) is 0 Å². The fourth-order valence-corrected chi connectivity index (χ4v) is 3.05. The summed E-state index contributed by atoms with van der Waals surface area (Å²) < 4.78 is 2.05. The zero-order valence-corrected chi connectivity index (χ0v) is 11.5. The van der Waals surface area contributed by atoms with Gasteiger partial charge in [-0.1, -0.05) is 12.1 Å². The van der Waals surface area contributed by atoms with E-state index in [1.807, 2.05) is 43.4 Å². The van der Waals surface area contributed by atoms with Gasteiger partial charge in [0, 0.05) is 14.1 Å². The van der Waals surface area contributed by atoms with Gasteiger partial charge in [0.15, 0.2) is 5.82 Å². The molecule has 0 saturated carbocycles. The van der Waals surface area contributed by atoms with Crippen molar-refractivity contribution in [2.75, 3.05) is 7.05 Å². The first-order chi connectivity index (χ1) is 9.20. The molecule has 0 saturated heterocycles. The SMILES string of the molecule is CNC(=O)c1ccc(-c2nc3ccccc3n2C)s1. The molecule has 0 spiro atoms. The third-order valence-corrected chi connectivity index (χ3v) is 4.14. The number of hydrogen-bond acceptors (Lipinski definition) is 3. The first-order valence-corrected chi connectivity index (χ1v) is 6.76. The summed E-state index contributed by atoms with van der Waals surface area (Å²) in [5, 5.41) is 2.63. The van der Waals surface area contributed by atoms with Crippen LogP contribution in [-0.2, 0) is 7.05 Å². The second-order valence-electron chi connectivity index (χ2n) is 4.23. The highest BCUT2D eigenvalue weighted by Crippen LogP contribution is 2.29. The Bertz CT molecular complexity index is 757. The Balaban J connectivity index is 2.11. The maximum absolute atomic E-state index is 11.6. The minimum absolute atomic E-state index is 0.0602. The van der Waals surface area contributed by atoms with E-state index >= 15 is 0 Å². The highest BCUT2D eigenvalue weighted by molar-refractivity contribution is 7.17. The van der Waals surface area contributed by atoms with E-state index in [4.69, 9.17) is 0 Å². The molecule has 0 atom stereocenters. The van der Waals surface area contributed by atoms with Gasteiger partial charge < -0.3 is 9.88 Å². The average molecular weight is 271 g/mol. The number of nitrogens with zero attached hydrogens (tertiary/aromatic N) is 2. The second kappa shape index (κ2) is 4.51. The van der Waals surface area contributed by atoms with Crippen LogP contribution in [-0.4, -0.2) is 22.5 Å². The fourth-order valence-electron chi connectivity index (χ4n) is 2.07. The summed E-state index contributed by atoms with van der Waals surface area (Å²) in [5.41, 5.74) is 2.06. The number of amides is 1. The molecule has 3 rings (SSSR count). The molecule has 1 aromatic carbocycles. The van der Waals surface area contributed by atoms with Gasteiger partial charge in [-0.25, -0.2) is 4.98 Å². The van der Waals surface area contributed by atoms with E-state index in [1.54, 1.807) is 7.05 Å². The van der Waals surface area contributed by atoms with Gasteiger partial charge in [-0.05, 0) is 24.3 Å². The van der Waals surface area contributed by atoms with Crippen LogP contribution in [0, 0.1) is 0 Å². The summed E-state index contributed by atoms with van der Waals surface area (Å²) in [6.45, 7) is 0. The number of fused-ring (bicyclic) bond motifs is 1. The predicted molar refractivity (Wildman–Crippen MR) is 77.4 cm³/mol. The second-order valence-corrected chi connectivity index (χ2v) is 5.31. The van der Waals surface area contributed by atoms with E-state index in [2.05, 4.69) is 14.9 Å². The summed E-state index contributed by atoms with van der Waals surface area (Å²) >= 11 is 1.45. The van der Waals surface area contributed by atoms with Crippen LogP contribution < -0.4 is 5.32 Å². The lowest BCUT2D eigenvalue weighted by molar-refractivity contribution is 0.0967. The molecule has 0 aliphatic rings. The van der Waals surface area contributed by atoms with Crippen molar-refractivity contribution < 1.29 is 4.79 Å². The number of para-hydroxylation sites is 2. The smallest absolute Gasteiger partial charge is 0.261 e. The largest absolute Gasteiger partial charge is 0.354 e. The molecule has 96 valence electrons. The van der Waals surface area contributed by atoms with Gasteiger partial charge in [0.25, 0.3) is 5.91 Å². The highest BCUT2D eigenvalue weighted by Gasteiger charge is 2.13. The maximum atomic E-state index is 11.6. The quantitative estimate of drug-likeness (QED) is 0.779. The van der Waals surface area contributed by atoms with Crippen LogP contribution in [0.3, 0.4) is 0 Å². The van der Waals surface area contributed by atoms with Crippen LogP contribution in [0.2, 0.25) is 0 Å². The molecular formula is C14H13N3OS. The number of hydrogen-bond donors (Lipinski definition) is 1. The number of nitrogens with one attached hydrogen (secondary N) is 1. The maximum Gasteiger partial charge on any atom is 0.261 e. The Kier molecular flexibility index (Phi) is 2.83. The van der Waals surface area contributed by atoms with Gasteiger partial charge in [-0.3, -0.25) is 4.79 Å². The standard InChI is InChI=1S/C14H13N3OS/c1-15-14(18)12-8-7-11(19-12)13-16-9-5-3-4-6-10(9)17(13)2/h3-8H,1-2H3,(H,15,18). The van der Waals surface area contributed by atoms with Crippen LogP contribution in [0.15, 0.2) is 36.4 Å². The molecule has 0 bridgehead atoms. The number of imidazole rings is 1. The van der Waals surface area contributed by atoms with Crippen molar-refractivity contribution in [3.05, 3.63) is 41.3 Å². The molecule has 1 N–H and O–H groups in total. The van der Waals surface area contributed by atoms with Crippen molar-refractivity contribution in [1.82, 2.24) is 14.9 Å². The molecule has 19 heavy (non-hydrogen) atoms. The van der Waals surface area contributed by atoms with Gasteiger partial charge >= 0.3 is 0 Å². The number of aromatic nitrogens is 2. The Hall–Kier alpha value is -2.14. The lowest BCUT2D eigenvalue weighted by Gasteiger charge is -1.98. The molecule has 3 aromatic rings. The normalized spacial score (nSPS) is 10.8. The first kappa shape index (κ1) is 11.9. The van der Waals surface area contributed by atoms with Crippen LogP contribution in [0.25, 0.3) is 21.7 Å². The minimum atomic E-state index is -0.0602. The summed E-state index contributed by atoms with van der Waals surface area (Å²) in [6, 6.07) is 11.8. The number of rotatable bonds is 2. The fraction of sp³-hybridized carbons (Fsp3) is 0.143. The molecule has 1 amide bonds. The average Bonchev–Trinajstić information content (AvgIpc) is 3.04. The van der Waals surface area contributed by atoms with Gasteiger partial charge in [0.1, 0.15) is 0 Å². The van der Waals surface area contributed by atoms with Crippen LogP contribution in [0.1, 0.15) is 9.67 Å². The van der Waals surface area contributed by atoms with E-state index in [-0.39, 0.29) is 5.91 Å². The monoisotopic (exact) mass is 271 g/mol. The third-order valence-electron chi connectivity index (χ3n) is 3.06. The molecule has 0 fully saturated rings. The summed E-state index contributed by atoms with van der Waals surface area (Å²) in [6.07, 6.45) is 0. The number of benzene rings is 1. The molecule has 0 aliphatic carbocycles. The summed E-state index contributed by atoms with van der Waals surface area (Å²) in [7, 11) is 3.63. The number of thiophene rings is 1. The van der Waals surface area contributed by atoms with E-state index in [9.17, 15) is 4.79 Å².